The van der Waals surface area contributed by atoms with Gasteiger partial charge in [-0.15, -0.1) is 0 Å². The Balaban J connectivity index is 1.74. The van der Waals surface area contributed by atoms with Crippen molar-refractivity contribution < 1.29 is 9.59 Å². The summed E-state index contributed by atoms with van der Waals surface area (Å²) < 4.78 is 0. The Hall–Kier alpha value is -2.43. The summed E-state index contributed by atoms with van der Waals surface area (Å²) in [6, 6.07) is 9.92. The highest BCUT2D eigenvalue weighted by atomic mass is 16.2. The van der Waals surface area contributed by atoms with Crippen molar-refractivity contribution in [3.63, 3.8) is 0 Å². The number of hydrogen-bond acceptors (Lipinski definition) is 3. The largest absolute Gasteiger partial charge is 0.338 e. The van der Waals surface area contributed by atoms with Crippen LogP contribution in [-0.2, 0) is 4.79 Å². The van der Waals surface area contributed by atoms with Crippen molar-refractivity contribution in [1.82, 2.24) is 14.8 Å². The van der Waals surface area contributed by atoms with E-state index in [1.807, 2.05) is 40.1 Å². The van der Waals surface area contributed by atoms with Gasteiger partial charge in [-0.2, -0.15) is 0 Å². The molecule has 3 heterocycles. The summed E-state index contributed by atoms with van der Waals surface area (Å²) >= 11 is 0. The van der Waals surface area contributed by atoms with E-state index in [2.05, 4.69) is 11.9 Å². The van der Waals surface area contributed by atoms with E-state index in [9.17, 15) is 9.59 Å². The van der Waals surface area contributed by atoms with E-state index in [4.69, 9.17) is 0 Å². The maximum Gasteiger partial charge on any atom is 0.273 e. The van der Waals surface area contributed by atoms with Crippen LogP contribution in [0.15, 0.2) is 36.5 Å². The smallest absolute Gasteiger partial charge is 0.273 e. The van der Waals surface area contributed by atoms with Gasteiger partial charge in [0.05, 0.1) is 11.6 Å². The fourth-order valence-electron chi connectivity index (χ4n) is 4.87. The Kier molecular flexibility index (Phi) is 4.17. The molecule has 2 aliphatic heterocycles. The third-order valence-corrected chi connectivity index (χ3v) is 6.18. The molecule has 0 bridgehead atoms. The number of carbonyl (C=O) groups excluding carboxylic acids is 2. The van der Waals surface area contributed by atoms with Gasteiger partial charge in [-0.25, -0.2) is 0 Å². The molecule has 0 N–H and O–H groups in total. The van der Waals surface area contributed by atoms with Crippen LogP contribution < -0.4 is 0 Å². The fourth-order valence-corrected chi connectivity index (χ4v) is 4.87. The predicted octanol–water partition coefficient (Wildman–Crippen LogP) is 3.24. The zero-order valence-corrected chi connectivity index (χ0v) is 15.4. The lowest BCUT2D eigenvalue weighted by Gasteiger charge is -2.56. The van der Waals surface area contributed by atoms with Crippen LogP contribution in [0.2, 0.25) is 0 Å². The summed E-state index contributed by atoms with van der Waals surface area (Å²) in [5, 5.41) is 1.92. The van der Waals surface area contributed by atoms with Crippen molar-refractivity contribution in [2.24, 2.45) is 0 Å². The standard InChI is InChI=1S/C21H25N3O2/c1-15(25)23-13-6-11-21(2)18(23)9-5-14-24(21)20(26)19-17-8-4-3-7-16(17)10-12-22-19/h3-4,7-8,10,12,18H,5-6,9,11,13-14H2,1-2H3/t18-,21-/m0/s1. The van der Waals surface area contributed by atoms with Crippen LogP contribution in [0.1, 0.15) is 50.0 Å². The third-order valence-electron chi connectivity index (χ3n) is 6.18. The quantitative estimate of drug-likeness (QED) is 0.792. The molecule has 26 heavy (non-hydrogen) atoms. The van der Waals surface area contributed by atoms with Crippen LogP contribution in [0.4, 0.5) is 0 Å². The van der Waals surface area contributed by atoms with Crippen LogP contribution in [0.25, 0.3) is 10.8 Å². The van der Waals surface area contributed by atoms with Gasteiger partial charge in [-0.1, -0.05) is 24.3 Å². The van der Waals surface area contributed by atoms with Gasteiger partial charge >= 0.3 is 0 Å². The highest BCUT2D eigenvalue weighted by molar-refractivity contribution is 6.05. The molecule has 2 fully saturated rings. The number of pyridine rings is 1. The van der Waals surface area contributed by atoms with Crippen molar-refractivity contribution in [3.8, 4) is 0 Å². The summed E-state index contributed by atoms with van der Waals surface area (Å²) in [5.41, 5.74) is 0.197. The minimum absolute atomic E-state index is 0.0144. The summed E-state index contributed by atoms with van der Waals surface area (Å²) in [6.45, 7) is 5.31. The number of piperidine rings is 2. The first-order valence-electron chi connectivity index (χ1n) is 9.45. The van der Waals surface area contributed by atoms with Crippen LogP contribution >= 0.6 is 0 Å². The predicted molar refractivity (Wildman–Crippen MR) is 101 cm³/mol. The van der Waals surface area contributed by atoms with Gasteiger partial charge < -0.3 is 9.80 Å². The van der Waals surface area contributed by atoms with E-state index >= 15 is 0 Å². The molecule has 0 unspecified atom stereocenters. The Morgan fingerprint density at radius 2 is 1.96 bits per heavy atom. The van der Waals surface area contributed by atoms with E-state index in [-0.39, 0.29) is 23.4 Å². The summed E-state index contributed by atoms with van der Waals surface area (Å²) in [5.74, 6) is 0.0953. The van der Waals surface area contributed by atoms with E-state index in [1.165, 1.54) is 0 Å². The number of aromatic nitrogens is 1. The van der Waals surface area contributed by atoms with Crippen LogP contribution in [0.3, 0.4) is 0 Å². The highest BCUT2D eigenvalue weighted by Gasteiger charge is 2.50. The number of nitrogens with zero attached hydrogens (tertiary/aromatic N) is 3. The number of rotatable bonds is 1. The minimum atomic E-state index is -0.322. The number of carbonyl (C=O) groups is 2. The number of likely N-dealkylation sites (tertiary alicyclic amines) is 2. The highest BCUT2D eigenvalue weighted by Crippen LogP contribution is 2.40. The van der Waals surface area contributed by atoms with Gasteiger partial charge in [-0.3, -0.25) is 14.6 Å². The summed E-state index contributed by atoms with van der Waals surface area (Å²) in [7, 11) is 0. The molecule has 2 amide bonds. The van der Waals surface area contributed by atoms with Gasteiger partial charge in [0.1, 0.15) is 5.69 Å². The second kappa shape index (κ2) is 6.38. The van der Waals surface area contributed by atoms with Gasteiger partial charge in [0.2, 0.25) is 5.91 Å². The summed E-state index contributed by atoms with van der Waals surface area (Å²) in [6.07, 6.45) is 5.45. The molecule has 0 radical (unpaired) electrons. The lowest BCUT2D eigenvalue weighted by molar-refractivity contribution is -0.140. The average Bonchev–Trinajstić information content (AvgIpc) is 2.65. The van der Waals surface area contributed by atoms with Crippen LogP contribution in [0, 0.1) is 0 Å². The van der Waals surface area contributed by atoms with Crippen molar-refractivity contribution in [2.45, 2.75) is 51.1 Å². The lowest BCUT2D eigenvalue weighted by atomic mass is 9.75. The van der Waals surface area contributed by atoms with E-state index in [0.29, 0.717) is 5.69 Å². The molecule has 2 atom stereocenters. The summed E-state index contributed by atoms with van der Waals surface area (Å²) in [4.78, 5) is 34.0. The number of benzene rings is 1. The molecule has 0 saturated carbocycles. The fraction of sp³-hybridized carbons (Fsp3) is 0.476. The maximum atomic E-state index is 13.5. The van der Waals surface area contributed by atoms with Crippen LogP contribution in [-0.4, -0.2) is 51.3 Å². The molecule has 5 heteroatoms. The first-order valence-corrected chi connectivity index (χ1v) is 9.45. The Morgan fingerprint density at radius 3 is 2.77 bits per heavy atom. The molecule has 2 aromatic rings. The molecule has 2 aliphatic rings. The molecule has 0 aliphatic carbocycles. The third kappa shape index (κ3) is 2.57. The Morgan fingerprint density at radius 1 is 1.15 bits per heavy atom. The Labute approximate surface area is 154 Å². The zero-order chi connectivity index (χ0) is 18.3. The normalized spacial score (nSPS) is 25.8. The first kappa shape index (κ1) is 17.0. The van der Waals surface area contributed by atoms with Crippen molar-refractivity contribution in [2.75, 3.05) is 13.1 Å². The lowest BCUT2D eigenvalue weighted by Crippen LogP contribution is -2.68. The second-order valence-corrected chi connectivity index (χ2v) is 7.67. The van der Waals surface area contributed by atoms with Crippen molar-refractivity contribution in [3.05, 3.63) is 42.2 Å². The van der Waals surface area contributed by atoms with E-state index in [0.717, 1.165) is 49.5 Å². The molecule has 2 saturated heterocycles. The molecular formula is C21H25N3O2. The Bertz CT molecular complexity index is 860. The van der Waals surface area contributed by atoms with E-state index < -0.39 is 0 Å². The number of fused-ring (bicyclic) bond motifs is 2. The van der Waals surface area contributed by atoms with Gasteiger partial charge in [0, 0.05) is 31.6 Å². The SMILES string of the molecule is CC(=O)N1CCC[C@@]2(C)[C@@H]1CCCN2C(=O)c1nccc2ccccc12. The first-order chi connectivity index (χ1) is 12.5. The van der Waals surface area contributed by atoms with Gasteiger partial charge in [-0.05, 0) is 44.1 Å². The van der Waals surface area contributed by atoms with Crippen molar-refractivity contribution >= 4 is 22.6 Å². The van der Waals surface area contributed by atoms with E-state index in [1.54, 1.807) is 13.1 Å². The maximum absolute atomic E-state index is 13.5. The molecule has 4 rings (SSSR count). The molecule has 1 aromatic carbocycles. The van der Waals surface area contributed by atoms with Crippen molar-refractivity contribution in [1.29, 1.82) is 0 Å². The second-order valence-electron chi connectivity index (χ2n) is 7.67. The molecule has 5 nitrogen and oxygen atoms in total. The monoisotopic (exact) mass is 351 g/mol. The van der Waals surface area contributed by atoms with Gasteiger partial charge in [0.25, 0.3) is 5.91 Å². The topological polar surface area (TPSA) is 53.5 Å². The molecule has 0 spiro atoms. The zero-order valence-electron chi connectivity index (χ0n) is 15.4. The van der Waals surface area contributed by atoms with Gasteiger partial charge in [0.15, 0.2) is 0 Å². The molecule has 136 valence electrons. The molecule has 1 aromatic heterocycles. The molecular weight excluding hydrogens is 326 g/mol. The number of amides is 2. The minimum Gasteiger partial charge on any atom is -0.338 e. The average molecular weight is 351 g/mol. The number of hydrogen-bond donors (Lipinski definition) is 0. The van der Waals surface area contributed by atoms with Crippen LogP contribution in [0.5, 0.6) is 0 Å².